The van der Waals surface area contributed by atoms with Gasteiger partial charge in [0.25, 0.3) is 0 Å². The van der Waals surface area contributed by atoms with E-state index in [4.69, 9.17) is 4.74 Å². The minimum absolute atomic E-state index is 0. The molecule has 26 heavy (non-hydrogen) atoms. The van der Waals surface area contributed by atoms with Crippen molar-refractivity contribution in [3.05, 3.63) is 29.3 Å². The van der Waals surface area contributed by atoms with E-state index in [2.05, 4.69) is 34.1 Å². The van der Waals surface area contributed by atoms with Gasteiger partial charge in [-0.1, -0.05) is 24.1 Å². The zero-order valence-corrected chi connectivity index (χ0v) is 16.1. The van der Waals surface area contributed by atoms with Crippen molar-refractivity contribution in [1.29, 1.82) is 0 Å². The van der Waals surface area contributed by atoms with Gasteiger partial charge in [0.05, 0.1) is 12.5 Å². The number of hydrogen-bond donors (Lipinski definition) is 1. The Morgan fingerprint density at radius 3 is 2.85 bits per heavy atom. The van der Waals surface area contributed by atoms with E-state index in [9.17, 15) is 5.21 Å². The lowest BCUT2D eigenvalue weighted by Gasteiger charge is -2.51. The normalized spacial score (nSPS) is 33.6. The molecule has 0 spiro atoms. The minimum Gasteiger partial charge on any atom is -1.00 e. The fourth-order valence-corrected chi connectivity index (χ4v) is 5.77. The van der Waals surface area contributed by atoms with Gasteiger partial charge in [-0.2, -0.15) is 0 Å². The molecule has 0 saturated heterocycles. The van der Waals surface area contributed by atoms with Crippen LogP contribution in [0.2, 0.25) is 0 Å². The first kappa shape index (κ1) is 17.8. The van der Waals surface area contributed by atoms with Gasteiger partial charge in [0, 0.05) is 18.3 Å². The lowest BCUT2D eigenvalue weighted by atomic mass is 9.52. The highest BCUT2D eigenvalue weighted by Crippen LogP contribution is 2.54. The third-order valence-electron chi connectivity index (χ3n) is 7.11. The van der Waals surface area contributed by atoms with Crippen LogP contribution in [0.4, 0.5) is 0 Å². The zero-order chi connectivity index (χ0) is 17.0. The Balaban J connectivity index is 0.00000168. The van der Waals surface area contributed by atoms with Crippen molar-refractivity contribution in [2.75, 3.05) is 13.7 Å². The minimum atomic E-state index is -0.125. The van der Waals surface area contributed by atoms with Crippen LogP contribution in [0.3, 0.4) is 0 Å². The first-order valence-corrected chi connectivity index (χ1v) is 9.77. The average Bonchev–Trinajstić information content (AvgIpc) is 3.47. The van der Waals surface area contributed by atoms with Crippen molar-refractivity contribution in [3.8, 4) is 5.75 Å². The summed E-state index contributed by atoms with van der Waals surface area (Å²) in [4.78, 5) is 0. The Morgan fingerprint density at radius 1 is 1.27 bits per heavy atom. The second-order valence-corrected chi connectivity index (χ2v) is 8.37. The van der Waals surface area contributed by atoms with Crippen LogP contribution in [0.5, 0.6) is 5.75 Å². The number of oxime groups is 1. The Hall–Kier alpha value is -1.55. The molecule has 1 aliphatic heterocycles. The first-order chi connectivity index (χ1) is 12.3. The smallest absolute Gasteiger partial charge is 0.189 e. The maximum Gasteiger partial charge on any atom is 0.189 e. The van der Waals surface area contributed by atoms with Crippen molar-refractivity contribution in [2.45, 2.75) is 56.4 Å². The molecule has 1 N–H and O–H groups in total. The molecule has 3 atom stereocenters. The van der Waals surface area contributed by atoms with Crippen LogP contribution >= 0.6 is 0 Å². The van der Waals surface area contributed by atoms with Crippen LogP contribution in [0.1, 0.15) is 49.7 Å². The summed E-state index contributed by atoms with van der Waals surface area (Å²) in [6.45, 7) is 1.13. The summed E-state index contributed by atoms with van der Waals surface area (Å²) in [5.74, 6) is 2.30. The molecule has 1 heterocycles. The number of methoxy groups -OCH3 is 1. The van der Waals surface area contributed by atoms with Crippen molar-refractivity contribution in [1.82, 2.24) is 0 Å². The van der Waals surface area contributed by atoms with E-state index < -0.39 is 0 Å². The molecule has 5 heteroatoms. The largest absolute Gasteiger partial charge is 1.00 e. The maximum atomic E-state index is 9.96. The zero-order valence-electron chi connectivity index (χ0n) is 15.3. The fraction of sp³-hybridized carbons (Fsp3) is 0.619. The fourth-order valence-electron chi connectivity index (χ4n) is 5.77. The summed E-state index contributed by atoms with van der Waals surface area (Å²) >= 11 is 0. The van der Waals surface area contributed by atoms with E-state index in [0.717, 1.165) is 36.8 Å². The maximum absolute atomic E-state index is 9.96. The molecule has 3 aliphatic carbocycles. The summed E-state index contributed by atoms with van der Waals surface area (Å²) in [7, 11) is 1.73. The molecule has 0 unspecified atom stereocenters. The highest BCUT2D eigenvalue weighted by molar-refractivity contribution is 6.33. The molecule has 2 fully saturated rings. The summed E-state index contributed by atoms with van der Waals surface area (Å²) < 4.78 is 8.04. The lowest BCUT2D eigenvalue weighted by molar-refractivity contribution is -0.578. The molecule has 0 aromatic heterocycles. The predicted molar refractivity (Wildman–Crippen MR) is 97.3 cm³/mol. The third-order valence-corrected chi connectivity index (χ3v) is 7.11. The molecule has 0 radical (unpaired) electrons. The Morgan fingerprint density at radius 2 is 2.12 bits per heavy atom. The van der Waals surface area contributed by atoms with Crippen LogP contribution in [0, 0.1) is 11.8 Å². The molecule has 2 saturated carbocycles. The van der Waals surface area contributed by atoms with Gasteiger partial charge in [-0.3, -0.25) is 0 Å². The van der Waals surface area contributed by atoms with E-state index in [-0.39, 0.29) is 17.8 Å². The molecule has 5 rings (SSSR count). The summed E-state index contributed by atoms with van der Waals surface area (Å²) in [6.07, 6.45) is 10.8. The second-order valence-electron chi connectivity index (χ2n) is 8.37. The van der Waals surface area contributed by atoms with Crippen molar-refractivity contribution >= 4 is 11.9 Å². The second kappa shape index (κ2) is 6.56. The molecular formula is C21H27ClN2O2. The Bertz CT molecular complexity index is 771. The highest BCUT2D eigenvalue weighted by atomic mass is 35.5. The van der Waals surface area contributed by atoms with Crippen LogP contribution in [-0.4, -0.2) is 41.4 Å². The molecule has 1 aromatic rings. The average molecular weight is 375 g/mol. The van der Waals surface area contributed by atoms with Gasteiger partial charge in [0.15, 0.2) is 18.0 Å². The lowest BCUT2D eigenvalue weighted by Crippen LogP contribution is -3.00. The van der Waals surface area contributed by atoms with Gasteiger partial charge in [-0.25, -0.2) is 4.58 Å². The van der Waals surface area contributed by atoms with E-state index in [1.54, 1.807) is 7.11 Å². The number of hydrogen-bond acceptors (Lipinski definition) is 3. The van der Waals surface area contributed by atoms with E-state index in [1.165, 1.54) is 43.2 Å². The van der Waals surface area contributed by atoms with Crippen LogP contribution in [0.25, 0.3) is 0 Å². The molecular weight excluding hydrogens is 348 g/mol. The van der Waals surface area contributed by atoms with Crippen molar-refractivity contribution < 1.29 is 26.9 Å². The van der Waals surface area contributed by atoms with Gasteiger partial charge >= 0.3 is 0 Å². The summed E-state index contributed by atoms with van der Waals surface area (Å²) in [5, 5.41) is 13.8. The molecule has 140 valence electrons. The van der Waals surface area contributed by atoms with E-state index in [1.807, 2.05) is 0 Å². The SMILES string of the molecule is COc1ccc2c(c1)[C@@]13CCCC[C@H]1[C@@H](C2)[N+](CC1CC1)=CC3=NO.[Cl-]. The molecule has 2 bridgehead atoms. The standard InChI is InChI=1S/C21H26N2O2.ClH/c1-25-16-8-7-15-10-19-17-4-2-3-9-21(17,18(15)11-16)20(22-24)13-23(19)12-14-5-6-14;/h7-8,11,13-14,17,19H,2-6,9-10,12H2,1H3;1H/t17-,19+,21+;/m0./s1. The van der Waals surface area contributed by atoms with Crippen LogP contribution < -0.4 is 17.1 Å². The third kappa shape index (κ3) is 2.49. The summed E-state index contributed by atoms with van der Waals surface area (Å²) in [6, 6.07) is 7.08. The quantitative estimate of drug-likeness (QED) is 0.472. The topological polar surface area (TPSA) is 44.8 Å². The van der Waals surface area contributed by atoms with Crippen molar-refractivity contribution in [2.24, 2.45) is 17.0 Å². The van der Waals surface area contributed by atoms with E-state index in [0.29, 0.717) is 12.0 Å². The van der Waals surface area contributed by atoms with Gasteiger partial charge in [0.1, 0.15) is 12.3 Å². The molecule has 4 aliphatic rings. The predicted octanol–water partition coefficient (Wildman–Crippen LogP) is 0.389. The molecule has 0 amide bonds. The molecule has 4 nitrogen and oxygen atoms in total. The van der Waals surface area contributed by atoms with Crippen LogP contribution in [0.15, 0.2) is 23.4 Å². The summed E-state index contributed by atoms with van der Waals surface area (Å²) in [5.41, 5.74) is 3.52. The highest BCUT2D eigenvalue weighted by Gasteiger charge is 2.60. The number of benzene rings is 1. The number of rotatable bonds is 3. The number of ether oxygens (including phenoxy) is 1. The monoisotopic (exact) mass is 374 g/mol. The number of halogens is 1. The number of nitrogens with zero attached hydrogens (tertiary/aromatic N) is 2. The Labute approximate surface area is 161 Å². The van der Waals surface area contributed by atoms with Gasteiger partial charge < -0.3 is 22.4 Å². The Kier molecular flexibility index (Phi) is 4.50. The molecule has 1 aromatic carbocycles. The van der Waals surface area contributed by atoms with Gasteiger partial charge in [-0.15, -0.1) is 0 Å². The van der Waals surface area contributed by atoms with E-state index >= 15 is 0 Å². The van der Waals surface area contributed by atoms with Gasteiger partial charge in [0.2, 0.25) is 0 Å². The van der Waals surface area contributed by atoms with Gasteiger partial charge in [-0.05, 0) is 48.9 Å². The first-order valence-electron chi connectivity index (χ1n) is 9.77. The number of fused-ring (bicyclic) bond motifs is 1. The van der Waals surface area contributed by atoms with Crippen LogP contribution in [-0.2, 0) is 11.8 Å². The van der Waals surface area contributed by atoms with Crippen molar-refractivity contribution in [3.63, 3.8) is 0 Å².